The molecule has 0 aliphatic heterocycles. The summed E-state index contributed by atoms with van der Waals surface area (Å²) in [6.45, 7) is 4.64. The van der Waals surface area contributed by atoms with Crippen molar-refractivity contribution in [3.8, 4) is 0 Å². The van der Waals surface area contributed by atoms with E-state index in [1.807, 2.05) is 25.1 Å². The standard InChI is InChI=1S/C12H20N2O/c1-3-4-10(15)8-14-12-7-9(2)5-6-11(12)13/h5-7,10,14-15H,3-4,8,13H2,1-2H3. The van der Waals surface area contributed by atoms with E-state index >= 15 is 0 Å². The molecule has 0 saturated heterocycles. The molecule has 1 rings (SSSR count). The normalized spacial score (nSPS) is 12.5. The van der Waals surface area contributed by atoms with E-state index in [4.69, 9.17) is 5.73 Å². The van der Waals surface area contributed by atoms with Crippen LogP contribution in [-0.2, 0) is 0 Å². The molecule has 84 valence electrons. The molecule has 1 aromatic carbocycles. The van der Waals surface area contributed by atoms with Gasteiger partial charge in [0.1, 0.15) is 0 Å². The zero-order chi connectivity index (χ0) is 11.3. The highest BCUT2D eigenvalue weighted by Gasteiger charge is 2.04. The summed E-state index contributed by atoms with van der Waals surface area (Å²) in [6, 6.07) is 5.85. The lowest BCUT2D eigenvalue weighted by molar-refractivity contribution is 0.176. The van der Waals surface area contributed by atoms with Gasteiger partial charge in [-0.1, -0.05) is 19.4 Å². The Morgan fingerprint density at radius 3 is 2.87 bits per heavy atom. The fraction of sp³-hybridized carbons (Fsp3) is 0.500. The lowest BCUT2D eigenvalue weighted by Gasteiger charge is -2.13. The minimum Gasteiger partial charge on any atom is -0.397 e. The van der Waals surface area contributed by atoms with Crippen molar-refractivity contribution in [2.75, 3.05) is 17.6 Å². The van der Waals surface area contributed by atoms with Crippen LogP contribution >= 0.6 is 0 Å². The summed E-state index contributed by atoms with van der Waals surface area (Å²) in [5.41, 5.74) is 8.60. The minimum atomic E-state index is -0.296. The summed E-state index contributed by atoms with van der Waals surface area (Å²) in [6.07, 6.45) is 1.51. The molecule has 0 aromatic heterocycles. The van der Waals surface area contributed by atoms with Gasteiger partial charge in [-0.15, -0.1) is 0 Å². The van der Waals surface area contributed by atoms with Crippen LogP contribution in [0, 0.1) is 6.92 Å². The largest absolute Gasteiger partial charge is 0.397 e. The van der Waals surface area contributed by atoms with Crippen LogP contribution in [-0.4, -0.2) is 17.8 Å². The number of nitrogens with one attached hydrogen (secondary N) is 1. The maximum Gasteiger partial charge on any atom is 0.0712 e. The van der Waals surface area contributed by atoms with Gasteiger partial charge in [-0.05, 0) is 31.0 Å². The molecule has 0 radical (unpaired) electrons. The SMILES string of the molecule is CCCC(O)CNc1cc(C)ccc1N. The Kier molecular flexibility index (Phi) is 4.43. The van der Waals surface area contributed by atoms with Gasteiger partial charge in [-0.25, -0.2) is 0 Å². The van der Waals surface area contributed by atoms with Crippen molar-refractivity contribution in [2.45, 2.75) is 32.8 Å². The molecule has 0 bridgehead atoms. The van der Waals surface area contributed by atoms with Crippen molar-refractivity contribution in [1.29, 1.82) is 0 Å². The molecule has 15 heavy (non-hydrogen) atoms. The van der Waals surface area contributed by atoms with Crippen LogP contribution in [0.25, 0.3) is 0 Å². The van der Waals surface area contributed by atoms with Gasteiger partial charge in [-0.2, -0.15) is 0 Å². The summed E-state index contributed by atoms with van der Waals surface area (Å²) in [5.74, 6) is 0. The fourth-order valence-corrected chi connectivity index (χ4v) is 1.49. The fourth-order valence-electron chi connectivity index (χ4n) is 1.49. The van der Waals surface area contributed by atoms with E-state index in [2.05, 4.69) is 12.2 Å². The van der Waals surface area contributed by atoms with E-state index < -0.39 is 0 Å². The number of rotatable bonds is 5. The van der Waals surface area contributed by atoms with Crippen LogP contribution in [0.4, 0.5) is 11.4 Å². The second-order valence-electron chi connectivity index (χ2n) is 3.91. The van der Waals surface area contributed by atoms with E-state index in [0.29, 0.717) is 6.54 Å². The van der Waals surface area contributed by atoms with E-state index in [1.54, 1.807) is 0 Å². The molecule has 0 amide bonds. The average molecular weight is 208 g/mol. The predicted molar refractivity (Wildman–Crippen MR) is 65.0 cm³/mol. The number of anilines is 2. The summed E-state index contributed by atoms with van der Waals surface area (Å²) in [7, 11) is 0. The molecule has 0 spiro atoms. The highest BCUT2D eigenvalue weighted by Crippen LogP contribution is 2.19. The van der Waals surface area contributed by atoms with Crippen LogP contribution in [0.15, 0.2) is 18.2 Å². The Morgan fingerprint density at radius 1 is 1.47 bits per heavy atom. The molecule has 1 atom stereocenters. The Balaban J connectivity index is 2.53. The summed E-state index contributed by atoms with van der Waals surface area (Å²) < 4.78 is 0. The quantitative estimate of drug-likeness (QED) is 0.650. The second kappa shape index (κ2) is 5.61. The third-order valence-electron chi connectivity index (χ3n) is 2.36. The smallest absolute Gasteiger partial charge is 0.0712 e. The third kappa shape index (κ3) is 3.80. The van der Waals surface area contributed by atoms with Gasteiger partial charge < -0.3 is 16.2 Å². The van der Waals surface area contributed by atoms with Crippen LogP contribution < -0.4 is 11.1 Å². The number of aryl methyl sites for hydroxylation is 1. The van der Waals surface area contributed by atoms with Gasteiger partial charge in [0.25, 0.3) is 0 Å². The molecule has 1 unspecified atom stereocenters. The van der Waals surface area contributed by atoms with E-state index in [0.717, 1.165) is 29.8 Å². The van der Waals surface area contributed by atoms with Gasteiger partial charge in [0.05, 0.1) is 17.5 Å². The molecular formula is C12H20N2O. The van der Waals surface area contributed by atoms with Gasteiger partial charge in [0, 0.05) is 6.54 Å². The molecule has 0 aliphatic carbocycles. The molecule has 3 heteroatoms. The van der Waals surface area contributed by atoms with Crippen molar-refractivity contribution in [3.05, 3.63) is 23.8 Å². The summed E-state index contributed by atoms with van der Waals surface area (Å²) in [5, 5.41) is 12.7. The molecule has 0 heterocycles. The van der Waals surface area contributed by atoms with E-state index in [1.165, 1.54) is 0 Å². The Hall–Kier alpha value is -1.22. The highest BCUT2D eigenvalue weighted by molar-refractivity contribution is 5.66. The van der Waals surface area contributed by atoms with Crippen molar-refractivity contribution in [3.63, 3.8) is 0 Å². The molecule has 0 saturated carbocycles. The number of nitrogens with two attached hydrogens (primary N) is 1. The second-order valence-corrected chi connectivity index (χ2v) is 3.91. The lowest BCUT2D eigenvalue weighted by atomic mass is 10.1. The van der Waals surface area contributed by atoms with Crippen molar-refractivity contribution < 1.29 is 5.11 Å². The Bertz CT molecular complexity index is 312. The molecule has 4 N–H and O–H groups in total. The first kappa shape index (κ1) is 11.9. The first-order chi connectivity index (χ1) is 7.13. The van der Waals surface area contributed by atoms with Gasteiger partial charge in [0.15, 0.2) is 0 Å². The van der Waals surface area contributed by atoms with E-state index in [-0.39, 0.29) is 6.10 Å². The van der Waals surface area contributed by atoms with Crippen LogP contribution in [0.3, 0.4) is 0 Å². The van der Waals surface area contributed by atoms with Crippen LogP contribution in [0.5, 0.6) is 0 Å². The monoisotopic (exact) mass is 208 g/mol. The molecule has 1 aromatic rings. The first-order valence-electron chi connectivity index (χ1n) is 5.41. The Morgan fingerprint density at radius 2 is 2.20 bits per heavy atom. The molecule has 0 fully saturated rings. The molecular weight excluding hydrogens is 188 g/mol. The van der Waals surface area contributed by atoms with Crippen molar-refractivity contribution in [1.82, 2.24) is 0 Å². The van der Waals surface area contributed by atoms with Crippen LogP contribution in [0.2, 0.25) is 0 Å². The number of hydrogen-bond donors (Lipinski definition) is 3. The Labute approximate surface area is 91.3 Å². The van der Waals surface area contributed by atoms with Gasteiger partial charge in [-0.3, -0.25) is 0 Å². The van der Waals surface area contributed by atoms with Gasteiger partial charge >= 0.3 is 0 Å². The molecule has 3 nitrogen and oxygen atoms in total. The lowest BCUT2D eigenvalue weighted by Crippen LogP contribution is -2.19. The van der Waals surface area contributed by atoms with E-state index in [9.17, 15) is 5.11 Å². The molecule has 0 aliphatic rings. The zero-order valence-electron chi connectivity index (χ0n) is 9.46. The maximum absolute atomic E-state index is 9.57. The number of hydrogen-bond acceptors (Lipinski definition) is 3. The number of aliphatic hydroxyl groups is 1. The maximum atomic E-state index is 9.57. The first-order valence-corrected chi connectivity index (χ1v) is 5.41. The summed E-state index contributed by atoms with van der Waals surface area (Å²) in [4.78, 5) is 0. The third-order valence-corrected chi connectivity index (χ3v) is 2.36. The number of benzene rings is 1. The topological polar surface area (TPSA) is 58.3 Å². The van der Waals surface area contributed by atoms with Crippen molar-refractivity contribution in [2.24, 2.45) is 0 Å². The van der Waals surface area contributed by atoms with Gasteiger partial charge in [0.2, 0.25) is 0 Å². The zero-order valence-corrected chi connectivity index (χ0v) is 9.46. The summed E-state index contributed by atoms with van der Waals surface area (Å²) >= 11 is 0. The number of nitrogen functional groups attached to an aromatic ring is 1. The highest BCUT2D eigenvalue weighted by atomic mass is 16.3. The minimum absolute atomic E-state index is 0.296. The predicted octanol–water partition coefficient (Wildman–Crippen LogP) is 2.15. The van der Waals surface area contributed by atoms with Crippen molar-refractivity contribution >= 4 is 11.4 Å². The average Bonchev–Trinajstić information content (AvgIpc) is 2.20. The van der Waals surface area contributed by atoms with Crippen LogP contribution in [0.1, 0.15) is 25.3 Å². The number of aliphatic hydroxyl groups excluding tert-OH is 1.